The molecule has 2 nitrogen and oxygen atoms in total. The van der Waals surface area contributed by atoms with Crippen molar-refractivity contribution in [2.45, 2.75) is 51.0 Å². The molecule has 1 amide bonds. The number of fused-ring (bicyclic) bond motifs is 2. The highest BCUT2D eigenvalue weighted by Crippen LogP contribution is 2.49. The Morgan fingerprint density at radius 1 is 1.10 bits per heavy atom. The number of rotatable bonds is 5. The van der Waals surface area contributed by atoms with Gasteiger partial charge in [-0.15, -0.1) is 0 Å². The van der Waals surface area contributed by atoms with Crippen LogP contribution in [0.4, 0.5) is 0 Å². The summed E-state index contributed by atoms with van der Waals surface area (Å²) in [5.41, 5.74) is 1.28. The summed E-state index contributed by atoms with van der Waals surface area (Å²) < 4.78 is 0. The van der Waals surface area contributed by atoms with Gasteiger partial charge < -0.3 is 5.32 Å². The molecule has 3 aliphatic rings. The van der Waals surface area contributed by atoms with E-state index in [0.717, 1.165) is 18.3 Å². The Morgan fingerprint density at radius 2 is 1.90 bits per heavy atom. The topological polar surface area (TPSA) is 29.1 Å². The van der Waals surface area contributed by atoms with Crippen LogP contribution in [0.2, 0.25) is 0 Å². The van der Waals surface area contributed by atoms with Gasteiger partial charge in [0.1, 0.15) is 0 Å². The minimum Gasteiger partial charge on any atom is -0.349 e. The molecular formula is C19H25NO. The standard InChI is InChI=1S/C19H25NO/c21-18(12-17-11-13-6-7-16(17)10-13)20-19(15-8-9-15)14-4-2-1-3-5-14/h1-5,13,15-17,19H,6-12H2,(H,20,21). The van der Waals surface area contributed by atoms with Crippen LogP contribution in [-0.2, 0) is 4.79 Å². The van der Waals surface area contributed by atoms with Crippen molar-refractivity contribution in [3.05, 3.63) is 35.9 Å². The largest absolute Gasteiger partial charge is 0.349 e. The average molecular weight is 283 g/mol. The molecule has 112 valence electrons. The third kappa shape index (κ3) is 2.86. The van der Waals surface area contributed by atoms with E-state index in [1.165, 1.54) is 44.1 Å². The van der Waals surface area contributed by atoms with Gasteiger partial charge >= 0.3 is 0 Å². The molecule has 0 aliphatic heterocycles. The third-order valence-electron chi connectivity index (χ3n) is 5.90. The van der Waals surface area contributed by atoms with Crippen LogP contribution in [0.15, 0.2) is 30.3 Å². The number of nitrogens with one attached hydrogen (secondary N) is 1. The Hall–Kier alpha value is -1.31. The summed E-state index contributed by atoms with van der Waals surface area (Å²) in [7, 11) is 0. The lowest BCUT2D eigenvalue weighted by Crippen LogP contribution is -2.32. The number of amides is 1. The molecular weight excluding hydrogens is 258 g/mol. The Morgan fingerprint density at radius 3 is 2.52 bits per heavy atom. The first-order valence-corrected chi connectivity index (χ1v) is 8.64. The molecule has 1 aromatic carbocycles. The molecule has 4 unspecified atom stereocenters. The normalized spacial score (nSPS) is 32.1. The number of carbonyl (C=O) groups excluding carboxylic acids is 1. The lowest BCUT2D eigenvalue weighted by atomic mass is 9.86. The SMILES string of the molecule is O=C(CC1CC2CCC1C2)NC(c1ccccc1)C1CC1. The summed E-state index contributed by atoms with van der Waals surface area (Å²) in [4.78, 5) is 12.5. The second-order valence-corrected chi connectivity index (χ2v) is 7.43. The van der Waals surface area contributed by atoms with Crippen molar-refractivity contribution in [3.63, 3.8) is 0 Å². The van der Waals surface area contributed by atoms with Crippen molar-refractivity contribution in [1.29, 1.82) is 0 Å². The molecule has 3 saturated carbocycles. The molecule has 0 heterocycles. The molecule has 0 radical (unpaired) electrons. The van der Waals surface area contributed by atoms with Crippen LogP contribution in [0.5, 0.6) is 0 Å². The number of hydrogen-bond donors (Lipinski definition) is 1. The van der Waals surface area contributed by atoms with Crippen molar-refractivity contribution >= 4 is 5.91 Å². The van der Waals surface area contributed by atoms with Gasteiger partial charge in [-0.2, -0.15) is 0 Å². The fourth-order valence-corrected chi connectivity index (χ4v) is 4.66. The highest BCUT2D eigenvalue weighted by atomic mass is 16.1. The predicted molar refractivity (Wildman–Crippen MR) is 83.6 cm³/mol. The summed E-state index contributed by atoms with van der Waals surface area (Å²) >= 11 is 0. The number of benzene rings is 1. The van der Waals surface area contributed by atoms with Gasteiger partial charge in [0.25, 0.3) is 0 Å². The molecule has 3 fully saturated rings. The van der Waals surface area contributed by atoms with E-state index in [-0.39, 0.29) is 11.9 Å². The maximum absolute atomic E-state index is 12.5. The maximum atomic E-state index is 12.5. The van der Waals surface area contributed by atoms with E-state index in [1.807, 2.05) is 6.07 Å². The first-order chi connectivity index (χ1) is 10.3. The summed E-state index contributed by atoms with van der Waals surface area (Å²) in [6.07, 6.45) is 8.75. The van der Waals surface area contributed by atoms with Crippen molar-refractivity contribution in [1.82, 2.24) is 5.32 Å². The van der Waals surface area contributed by atoms with E-state index < -0.39 is 0 Å². The van der Waals surface area contributed by atoms with Gasteiger partial charge in [-0.25, -0.2) is 0 Å². The van der Waals surface area contributed by atoms with E-state index in [0.29, 0.717) is 11.8 Å². The minimum atomic E-state index is 0.247. The molecule has 4 atom stereocenters. The summed E-state index contributed by atoms with van der Waals surface area (Å²) in [5, 5.41) is 3.34. The molecule has 0 aromatic heterocycles. The monoisotopic (exact) mass is 283 g/mol. The molecule has 3 aliphatic carbocycles. The molecule has 0 saturated heterocycles. The zero-order chi connectivity index (χ0) is 14.2. The van der Waals surface area contributed by atoms with E-state index in [4.69, 9.17) is 0 Å². The molecule has 1 N–H and O–H groups in total. The Kier molecular flexibility index (Phi) is 3.48. The van der Waals surface area contributed by atoms with Crippen molar-refractivity contribution in [3.8, 4) is 0 Å². The van der Waals surface area contributed by atoms with Crippen LogP contribution in [0.3, 0.4) is 0 Å². The summed E-state index contributed by atoms with van der Waals surface area (Å²) in [6, 6.07) is 10.8. The van der Waals surface area contributed by atoms with Gasteiger partial charge in [-0.1, -0.05) is 36.8 Å². The second kappa shape index (κ2) is 5.47. The smallest absolute Gasteiger partial charge is 0.220 e. The highest BCUT2D eigenvalue weighted by Gasteiger charge is 2.41. The molecule has 2 bridgehead atoms. The predicted octanol–water partition coefficient (Wildman–Crippen LogP) is 4.08. The molecule has 21 heavy (non-hydrogen) atoms. The summed E-state index contributed by atoms with van der Waals surface area (Å²) in [5.74, 6) is 3.39. The van der Waals surface area contributed by atoms with Gasteiger partial charge in [-0.05, 0) is 61.3 Å². The average Bonchev–Trinajstić information content (AvgIpc) is 3.14. The van der Waals surface area contributed by atoms with Crippen LogP contribution in [0.1, 0.15) is 56.6 Å². The van der Waals surface area contributed by atoms with Crippen molar-refractivity contribution < 1.29 is 4.79 Å². The van der Waals surface area contributed by atoms with E-state index in [1.54, 1.807) is 0 Å². The third-order valence-corrected chi connectivity index (χ3v) is 5.90. The Bertz CT molecular complexity index is 508. The molecule has 1 aromatic rings. The van der Waals surface area contributed by atoms with Crippen LogP contribution in [0, 0.1) is 23.7 Å². The van der Waals surface area contributed by atoms with Gasteiger partial charge in [0.15, 0.2) is 0 Å². The lowest BCUT2D eigenvalue weighted by molar-refractivity contribution is -0.123. The van der Waals surface area contributed by atoms with Crippen molar-refractivity contribution in [2.24, 2.45) is 23.7 Å². The second-order valence-electron chi connectivity index (χ2n) is 7.43. The minimum absolute atomic E-state index is 0.247. The molecule has 2 heteroatoms. The first-order valence-electron chi connectivity index (χ1n) is 8.64. The van der Waals surface area contributed by atoms with Gasteiger partial charge in [0.2, 0.25) is 5.91 Å². The molecule has 4 rings (SSSR count). The number of hydrogen-bond acceptors (Lipinski definition) is 1. The summed E-state index contributed by atoms with van der Waals surface area (Å²) in [6.45, 7) is 0. The van der Waals surface area contributed by atoms with E-state index >= 15 is 0 Å². The molecule has 0 spiro atoms. The van der Waals surface area contributed by atoms with E-state index in [2.05, 4.69) is 29.6 Å². The zero-order valence-corrected chi connectivity index (χ0v) is 12.6. The maximum Gasteiger partial charge on any atom is 0.220 e. The zero-order valence-electron chi connectivity index (χ0n) is 12.6. The van der Waals surface area contributed by atoms with Crippen LogP contribution in [-0.4, -0.2) is 5.91 Å². The highest BCUT2D eigenvalue weighted by molar-refractivity contribution is 5.77. The van der Waals surface area contributed by atoms with Crippen molar-refractivity contribution in [2.75, 3.05) is 0 Å². The quantitative estimate of drug-likeness (QED) is 0.866. The van der Waals surface area contributed by atoms with Crippen LogP contribution < -0.4 is 5.32 Å². The Balaban J connectivity index is 1.38. The van der Waals surface area contributed by atoms with E-state index in [9.17, 15) is 4.79 Å². The van der Waals surface area contributed by atoms with Gasteiger partial charge in [0, 0.05) is 6.42 Å². The van der Waals surface area contributed by atoms with Crippen LogP contribution in [0.25, 0.3) is 0 Å². The van der Waals surface area contributed by atoms with Gasteiger partial charge in [0.05, 0.1) is 6.04 Å². The number of carbonyl (C=O) groups is 1. The van der Waals surface area contributed by atoms with Crippen LogP contribution >= 0.6 is 0 Å². The fraction of sp³-hybridized carbons (Fsp3) is 0.632. The Labute approximate surface area is 127 Å². The first kappa shape index (κ1) is 13.4. The lowest BCUT2D eigenvalue weighted by Gasteiger charge is -2.24. The fourth-order valence-electron chi connectivity index (χ4n) is 4.66. The van der Waals surface area contributed by atoms with Gasteiger partial charge in [-0.3, -0.25) is 4.79 Å².